The van der Waals surface area contributed by atoms with Gasteiger partial charge >= 0.3 is 6.09 Å². The Morgan fingerprint density at radius 2 is 1.72 bits per heavy atom. The summed E-state index contributed by atoms with van der Waals surface area (Å²) < 4.78 is 5.54. The van der Waals surface area contributed by atoms with Crippen LogP contribution in [0.1, 0.15) is 20.8 Å². The Labute approximate surface area is 187 Å². The summed E-state index contributed by atoms with van der Waals surface area (Å²) in [4.78, 5) is 36.1. The van der Waals surface area contributed by atoms with Crippen molar-refractivity contribution in [3.05, 3.63) is 60.9 Å². The highest BCUT2D eigenvalue weighted by Gasteiger charge is 2.41. The van der Waals surface area contributed by atoms with Crippen LogP contribution in [0.3, 0.4) is 0 Å². The van der Waals surface area contributed by atoms with Crippen molar-refractivity contribution in [3.63, 3.8) is 0 Å². The fourth-order valence-electron chi connectivity index (χ4n) is 3.74. The standard InChI is InChI=1S/C24H27N5O3/c1-24(2,3)32-23(31)29-13-18(22(30)27-16-9-5-4-6-10-16)20(14-29)28-21-17-11-7-8-12-19(17)25-15-26-21/h4-12,15,18,20H,13-14H2,1-3H3,(H,27,30)(H,25,26,28)/t18-,20-/m1/s1. The number of carbonyl (C=O) groups excluding carboxylic acids is 2. The van der Waals surface area contributed by atoms with Crippen LogP contribution in [0.15, 0.2) is 60.9 Å². The Morgan fingerprint density at radius 3 is 2.47 bits per heavy atom. The van der Waals surface area contributed by atoms with Crippen LogP contribution in [0.5, 0.6) is 0 Å². The maximum absolute atomic E-state index is 13.2. The van der Waals surface area contributed by atoms with Gasteiger partial charge in [0.1, 0.15) is 17.7 Å². The molecule has 1 aliphatic rings. The molecule has 0 spiro atoms. The van der Waals surface area contributed by atoms with Crippen molar-refractivity contribution in [1.82, 2.24) is 14.9 Å². The number of hydrogen-bond acceptors (Lipinski definition) is 6. The largest absolute Gasteiger partial charge is 0.444 e. The Bertz CT molecular complexity index is 1110. The average molecular weight is 434 g/mol. The third kappa shape index (κ3) is 4.96. The van der Waals surface area contributed by atoms with E-state index in [4.69, 9.17) is 4.74 Å². The van der Waals surface area contributed by atoms with Crippen LogP contribution in [0.25, 0.3) is 10.9 Å². The second kappa shape index (κ2) is 8.82. The molecular formula is C24H27N5O3. The predicted molar refractivity (Wildman–Crippen MR) is 123 cm³/mol. The third-order valence-electron chi connectivity index (χ3n) is 5.21. The van der Waals surface area contributed by atoms with Crippen LogP contribution in [-0.2, 0) is 9.53 Å². The minimum absolute atomic E-state index is 0.168. The number of fused-ring (bicyclic) bond motifs is 1. The summed E-state index contributed by atoms with van der Waals surface area (Å²) in [6, 6.07) is 16.6. The number of anilines is 2. The number of benzene rings is 2. The van der Waals surface area contributed by atoms with E-state index in [9.17, 15) is 9.59 Å². The number of ether oxygens (including phenoxy) is 1. The molecule has 0 saturated carbocycles. The van der Waals surface area contributed by atoms with Crippen LogP contribution in [0.4, 0.5) is 16.3 Å². The van der Waals surface area contributed by atoms with E-state index in [1.807, 2.05) is 75.4 Å². The molecule has 1 fully saturated rings. The monoisotopic (exact) mass is 433 g/mol. The molecule has 1 saturated heterocycles. The Kier molecular flexibility index (Phi) is 5.94. The van der Waals surface area contributed by atoms with Crippen molar-refractivity contribution in [3.8, 4) is 0 Å². The second-order valence-corrected chi connectivity index (χ2v) is 8.84. The first-order valence-electron chi connectivity index (χ1n) is 10.6. The summed E-state index contributed by atoms with van der Waals surface area (Å²) in [6.07, 6.45) is 1.05. The van der Waals surface area contributed by atoms with E-state index in [1.165, 1.54) is 6.33 Å². The van der Waals surface area contributed by atoms with Gasteiger partial charge < -0.3 is 20.3 Å². The number of aromatic nitrogens is 2. The van der Waals surface area contributed by atoms with Gasteiger partial charge in [-0.1, -0.05) is 30.3 Å². The van der Waals surface area contributed by atoms with E-state index in [-0.39, 0.29) is 18.5 Å². The van der Waals surface area contributed by atoms with E-state index in [1.54, 1.807) is 4.90 Å². The zero-order valence-electron chi connectivity index (χ0n) is 18.4. The lowest BCUT2D eigenvalue weighted by Crippen LogP contribution is -2.37. The normalized spacial score (nSPS) is 18.4. The van der Waals surface area contributed by atoms with Gasteiger partial charge in [0.15, 0.2) is 0 Å². The van der Waals surface area contributed by atoms with Crippen molar-refractivity contribution in [2.75, 3.05) is 23.7 Å². The maximum Gasteiger partial charge on any atom is 0.410 e. The molecule has 2 amide bonds. The van der Waals surface area contributed by atoms with E-state index in [2.05, 4.69) is 20.6 Å². The second-order valence-electron chi connectivity index (χ2n) is 8.84. The predicted octanol–water partition coefficient (Wildman–Crippen LogP) is 3.92. The zero-order chi connectivity index (χ0) is 22.7. The van der Waals surface area contributed by atoms with Crippen molar-refractivity contribution >= 4 is 34.4 Å². The lowest BCUT2D eigenvalue weighted by atomic mass is 10.0. The fourth-order valence-corrected chi connectivity index (χ4v) is 3.74. The molecule has 166 valence electrons. The number of nitrogens with zero attached hydrogens (tertiary/aromatic N) is 3. The number of hydrogen-bond donors (Lipinski definition) is 2. The first-order chi connectivity index (χ1) is 15.3. The van der Waals surface area contributed by atoms with Gasteiger partial charge in [0.25, 0.3) is 0 Å². The van der Waals surface area contributed by atoms with E-state index in [0.717, 1.165) is 10.9 Å². The lowest BCUT2D eigenvalue weighted by molar-refractivity contribution is -0.119. The van der Waals surface area contributed by atoms with Gasteiger partial charge in [-0.15, -0.1) is 0 Å². The van der Waals surface area contributed by atoms with Crippen LogP contribution in [0, 0.1) is 5.92 Å². The lowest BCUT2D eigenvalue weighted by Gasteiger charge is -2.24. The summed E-state index contributed by atoms with van der Waals surface area (Å²) in [6.45, 7) is 6.03. The molecule has 1 aliphatic heterocycles. The van der Waals surface area contributed by atoms with Gasteiger partial charge in [0, 0.05) is 24.2 Å². The van der Waals surface area contributed by atoms with Gasteiger partial charge in [-0.2, -0.15) is 0 Å². The molecule has 8 heteroatoms. The molecule has 2 aromatic carbocycles. The Hall–Kier alpha value is -3.68. The van der Waals surface area contributed by atoms with Crippen LogP contribution in [0.2, 0.25) is 0 Å². The molecule has 32 heavy (non-hydrogen) atoms. The number of rotatable bonds is 4. The van der Waals surface area contributed by atoms with Crippen molar-refractivity contribution < 1.29 is 14.3 Å². The minimum Gasteiger partial charge on any atom is -0.444 e. The molecule has 0 radical (unpaired) electrons. The van der Waals surface area contributed by atoms with E-state index in [0.29, 0.717) is 18.1 Å². The summed E-state index contributed by atoms with van der Waals surface area (Å²) in [5, 5.41) is 7.20. The number of likely N-dealkylation sites (tertiary alicyclic amines) is 1. The molecule has 0 unspecified atom stereocenters. The molecule has 0 aliphatic carbocycles. The van der Waals surface area contributed by atoms with Gasteiger partial charge in [-0.3, -0.25) is 4.79 Å². The molecule has 1 aromatic heterocycles. The maximum atomic E-state index is 13.2. The van der Waals surface area contributed by atoms with E-state index < -0.39 is 17.6 Å². The summed E-state index contributed by atoms with van der Waals surface area (Å²) >= 11 is 0. The SMILES string of the molecule is CC(C)(C)OC(=O)N1C[C@@H](Nc2ncnc3ccccc23)[C@H](C(=O)Nc2ccccc2)C1. The number of nitrogens with one attached hydrogen (secondary N) is 2. The van der Waals surface area contributed by atoms with Crippen molar-refractivity contribution in [1.29, 1.82) is 0 Å². The van der Waals surface area contributed by atoms with Crippen molar-refractivity contribution in [2.45, 2.75) is 32.4 Å². The molecule has 0 bridgehead atoms. The van der Waals surface area contributed by atoms with Gasteiger partial charge in [-0.25, -0.2) is 14.8 Å². The molecule has 3 aromatic rings. The first kappa shape index (κ1) is 21.5. The van der Waals surface area contributed by atoms with Crippen LogP contribution in [-0.4, -0.2) is 51.6 Å². The number of carbonyl (C=O) groups is 2. The van der Waals surface area contributed by atoms with Crippen molar-refractivity contribution in [2.24, 2.45) is 5.92 Å². The Morgan fingerprint density at radius 1 is 1.00 bits per heavy atom. The smallest absolute Gasteiger partial charge is 0.410 e. The number of para-hydroxylation sites is 2. The molecule has 2 N–H and O–H groups in total. The minimum atomic E-state index is -0.618. The summed E-state index contributed by atoms with van der Waals surface area (Å²) in [7, 11) is 0. The summed E-state index contributed by atoms with van der Waals surface area (Å²) in [5.41, 5.74) is 0.893. The topological polar surface area (TPSA) is 96.4 Å². The first-order valence-corrected chi connectivity index (χ1v) is 10.6. The third-order valence-corrected chi connectivity index (χ3v) is 5.21. The molecule has 2 atom stereocenters. The molecule has 4 rings (SSSR count). The zero-order valence-corrected chi connectivity index (χ0v) is 18.4. The average Bonchev–Trinajstić information content (AvgIpc) is 3.18. The quantitative estimate of drug-likeness (QED) is 0.648. The molecule has 8 nitrogen and oxygen atoms in total. The Balaban J connectivity index is 1.58. The summed E-state index contributed by atoms with van der Waals surface area (Å²) in [5.74, 6) is -0.0290. The molecular weight excluding hydrogens is 406 g/mol. The van der Waals surface area contributed by atoms with Gasteiger partial charge in [0.05, 0.1) is 17.5 Å². The van der Waals surface area contributed by atoms with E-state index >= 15 is 0 Å². The highest BCUT2D eigenvalue weighted by molar-refractivity contribution is 5.95. The highest BCUT2D eigenvalue weighted by Crippen LogP contribution is 2.27. The fraction of sp³-hybridized carbons (Fsp3) is 0.333. The highest BCUT2D eigenvalue weighted by atomic mass is 16.6. The van der Waals surface area contributed by atoms with Gasteiger partial charge in [-0.05, 0) is 45.0 Å². The van der Waals surface area contributed by atoms with Crippen LogP contribution >= 0.6 is 0 Å². The van der Waals surface area contributed by atoms with Crippen LogP contribution < -0.4 is 10.6 Å². The number of amides is 2. The van der Waals surface area contributed by atoms with Gasteiger partial charge in [0.2, 0.25) is 5.91 Å². The molecule has 2 heterocycles.